The third-order valence-corrected chi connectivity index (χ3v) is 4.78. The van der Waals surface area contributed by atoms with Gasteiger partial charge in [-0.15, -0.1) is 11.3 Å². The first kappa shape index (κ1) is 18.1. The van der Waals surface area contributed by atoms with Gasteiger partial charge in [0.25, 0.3) is 0 Å². The molecule has 0 aliphatic rings. The lowest BCUT2D eigenvalue weighted by Crippen LogP contribution is -2.20. The first-order valence-corrected chi connectivity index (χ1v) is 8.63. The maximum absolute atomic E-state index is 12.8. The normalized spacial score (nSPS) is 12.4. The number of nitrogens with zero attached hydrogens (tertiary/aromatic N) is 1. The third-order valence-electron chi connectivity index (χ3n) is 3.74. The number of alkyl halides is 3. The lowest BCUT2D eigenvalue weighted by atomic mass is 10.0. The molecular formula is C19H15F3N2OS. The zero-order chi connectivity index (χ0) is 18.7. The molecule has 1 amide bonds. The first-order chi connectivity index (χ1) is 12.3. The van der Waals surface area contributed by atoms with Crippen LogP contribution in [0.15, 0.2) is 54.6 Å². The zero-order valence-electron chi connectivity index (χ0n) is 13.8. The summed E-state index contributed by atoms with van der Waals surface area (Å²) in [6, 6.07) is 12.6. The van der Waals surface area contributed by atoms with E-state index in [1.807, 2.05) is 24.3 Å². The minimum Gasteiger partial charge on any atom is -0.346 e. The Kier molecular flexibility index (Phi) is 5.08. The molecule has 3 aromatic rings. The molecule has 0 spiro atoms. The molecule has 0 saturated heterocycles. The number of hydrogen-bond acceptors (Lipinski definition) is 3. The van der Waals surface area contributed by atoms with Gasteiger partial charge in [-0.05, 0) is 42.3 Å². The second-order valence-corrected chi connectivity index (χ2v) is 6.81. The van der Waals surface area contributed by atoms with Gasteiger partial charge < -0.3 is 5.32 Å². The number of halogens is 3. The van der Waals surface area contributed by atoms with E-state index in [4.69, 9.17) is 0 Å². The van der Waals surface area contributed by atoms with Gasteiger partial charge in [0.05, 0.1) is 22.3 Å². The van der Waals surface area contributed by atoms with Gasteiger partial charge in [0, 0.05) is 6.08 Å². The number of para-hydroxylation sites is 1. The van der Waals surface area contributed by atoms with Crippen LogP contribution in [0.25, 0.3) is 15.8 Å². The molecule has 1 aromatic heterocycles. The molecule has 3 nitrogen and oxygen atoms in total. The summed E-state index contributed by atoms with van der Waals surface area (Å²) < 4.78 is 39.4. The average Bonchev–Trinajstić information content (AvgIpc) is 3.02. The number of carbonyl (C=O) groups is 1. The second-order valence-electron chi connectivity index (χ2n) is 5.70. The minimum atomic E-state index is -4.41. The molecule has 0 saturated carbocycles. The summed E-state index contributed by atoms with van der Waals surface area (Å²) >= 11 is 1.49. The molecule has 3 rings (SSSR count). The van der Waals surface area contributed by atoms with Crippen LogP contribution in [-0.2, 0) is 17.5 Å². The number of benzene rings is 2. The third kappa shape index (κ3) is 4.29. The van der Waals surface area contributed by atoms with Gasteiger partial charge in [-0.3, -0.25) is 4.79 Å². The fourth-order valence-corrected chi connectivity index (χ4v) is 3.34. The maximum Gasteiger partial charge on any atom is 0.416 e. The highest BCUT2D eigenvalue weighted by atomic mass is 32.1. The largest absolute Gasteiger partial charge is 0.416 e. The van der Waals surface area contributed by atoms with Gasteiger partial charge in [0.15, 0.2) is 0 Å². The zero-order valence-corrected chi connectivity index (χ0v) is 14.6. The van der Waals surface area contributed by atoms with E-state index >= 15 is 0 Å². The van der Waals surface area contributed by atoms with Crippen molar-refractivity contribution in [2.45, 2.75) is 19.6 Å². The van der Waals surface area contributed by atoms with Crippen LogP contribution in [0.1, 0.15) is 23.1 Å². The minimum absolute atomic E-state index is 0.268. The van der Waals surface area contributed by atoms with E-state index < -0.39 is 11.7 Å². The lowest BCUT2D eigenvalue weighted by molar-refractivity contribution is -0.137. The molecule has 1 heterocycles. The molecule has 0 bridgehead atoms. The van der Waals surface area contributed by atoms with Gasteiger partial charge in [-0.25, -0.2) is 4.98 Å². The predicted octanol–water partition coefficient (Wildman–Crippen LogP) is 5.03. The Labute approximate surface area is 152 Å². The second kappa shape index (κ2) is 7.29. The smallest absolute Gasteiger partial charge is 0.346 e. The fourth-order valence-electron chi connectivity index (χ4n) is 2.43. The van der Waals surface area contributed by atoms with Crippen LogP contribution in [0.5, 0.6) is 0 Å². The van der Waals surface area contributed by atoms with Crippen molar-refractivity contribution in [3.63, 3.8) is 0 Å². The van der Waals surface area contributed by atoms with Crippen LogP contribution < -0.4 is 5.32 Å². The quantitative estimate of drug-likeness (QED) is 0.649. The number of rotatable bonds is 4. The molecule has 134 valence electrons. The van der Waals surface area contributed by atoms with Crippen LogP contribution in [0.2, 0.25) is 0 Å². The maximum atomic E-state index is 12.8. The molecule has 0 fully saturated rings. The van der Waals surface area contributed by atoms with Crippen molar-refractivity contribution >= 4 is 33.0 Å². The van der Waals surface area contributed by atoms with Gasteiger partial charge >= 0.3 is 6.18 Å². The summed E-state index contributed by atoms with van der Waals surface area (Å²) in [4.78, 5) is 16.5. The van der Waals surface area contributed by atoms with Gasteiger partial charge in [-0.2, -0.15) is 13.2 Å². The van der Waals surface area contributed by atoms with Gasteiger partial charge in [0.2, 0.25) is 5.91 Å². The number of carbonyl (C=O) groups excluding carboxylic acids is 1. The van der Waals surface area contributed by atoms with Gasteiger partial charge in [-0.1, -0.05) is 24.3 Å². The van der Waals surface area contributed by atoms with E-state index in [0.29, 0.717) is 11.1 Å². The molecule has 1 N–H and O–H groups in total. The van der Waals surface area contributed by atoms with E-state index in [0.717, 1.165) is 27.4 Å². The van der Waals surface area contributed by atoms with E-state index in [9.17, 15) is 18.0 Å². The van der Waals surface area contributed by atoms with Crippen molar-refractivity contribution in [3.8, 4) is 0 Å². The number of aromatic nitrogens is 1. The van der Waals surface area contributed by atoms with E-state index in [1.165, 1.54) is 23.5 Å². The van der Waals surface area contributed by atoms with Crippen molar-refractivity contribution < 1.29 is 18.0 Å². The SMILES string of the molecule is C/C(=C\C(=O)NCc1nc2ccccc2s1)c1cccc(C(F)(F)F)c1. The Morgan fingerprint density at radius 3 is 2.69 bits per heavy atom. The van der Waals surface area contributed by atoms with Crippen molar-refractivity contribution in [2.24, 2.45) is 0 Å². The molecule has 7 heteroatoms. The molecule has 0 atom stereocenters. The Morgan fingerprint density at radius 1 is 1.19 bits per heavy atom. The topological polar surface area (TPSA) is 42.0 Å². The van der Waals surface area contributed by atoms with E-state index in [-0.39, 0.29) is 12.5 Å². The Bertz CT molecular complexity index is 943. The summed E-state index contributed by atoms with van der Waals surface area (Å²) in [6.45, 7) is 1.87. The van der Waals surface area contributed by atoms with Crippen molar-refractivity contribution in [1.29, 1.82) is 0 Å². The summed E-state index contributed by atoms with van der Waals surface area (Å²) in [5, 5.41) is 3.48. The van der Waals surface area contributed by atoms with E-state index in [1.54, 1.807) is 13.0 Å². The molecule has 0 aliphatic heterocycles. The molecule has 0 unspecified atom stereocenters. The van der Waals surface area contributed by atoms with Crippen molar-refractivity contribution in [1.82, 2.24) is 10.3 Å². The fraction of sp³-hybridized carbons (Fsp3) is 0.158. The first-order valence-electron chi connectivity index (χ1n) is 7.81. The molecule has 0 aliphatic carbocycles. The van der Waals surface area contributed by atoms with Crippen LogP contribution in [0.3, 0.4) is 0 Å². The molecule has 26 heavy (non-hydrogen) atoms. The van der Waals surface area contributed by atoms with Crippen LogP contribution >= 0.6 is 11.3 Å². The molecular weight excluding hydrogens is 361 g/mol. The number of amides is 1. The average molecular weight is 376 g/mol. The van der Waals surface area contributed by atoms with Crippen molar-refractivity contribution in [2.75, 3.05) is 0 Å². The monoisotopic (exact) mass is 376 g/mol. The van der Waals surface area contributed by atoms with Crippen LogP contribution in [0, 0.1) is 0 Å². The molecule has 2 aromatic carbocycles. The number of thiazole rings is 1. The number of hydrogen-bond donors (Lipinski definition) is 1. The Balaban J connectivity index is 1.68. The predicted molar refractivity (Wildman–Crippen MR) is 96.6 cm³/mol. The summed E-state index contributed by atoms with van der Waals surface area (Å²) in [5.41, 5.74) is 0.947. The standard InChI is InChI=1S/C19H15F3N2OS/c1-12(13-5-4-6-14(10-13)19(20,21)22)9-17(25)23-11-18-24-15-7-2-3-8-16(15)26-18/h2-10H,11H2,1H3,(H,23,25)/b12-9+. The number of nitrogens with one attached hydrogen (secondary N) is 1. The van der Waals surface area contributed by atoms with E-state index in [2.05, 4.69) is 10.3 Å². The number of allylic oxidation sites excluding steroid dienone is 1. The summed E-state index contributed by atoms with van der Waals surface area (Å²) in [6.07, 6.45) is -3.12. The van der Waals surface area contributed by atoms with Crippen LogP contribution in [0.4, 0.5) is 13.2 Å². The lowest BCUT2D eigenvalue weighted by Gasteiger charge is -2.09. The van der Waals surface area contributed by atoms with Crippen molar-refractivity contribution in [3.05, 3.63) is 70.7 Å². The number of fused-ring (bicyclic) bond motifs is 1. The Hall–Kier alpha value is -2.67. The highest BCUT2D eigenvalue weighted by Gasteiger charge is 2.30. The Morgan fingerprint density at radius 2 is 1.96 bits per heavy atom. The molecule has 0 radical (unpaired) electrons. The highest BCUT2D eigenvalue weighted by molar-refractivity contribution is 7.18. The van der Waals surface area contributed by atoms with Gasteiger partial charge in [0.1, 0.15) is 5.01 Å². The summed E-state index contributed by atoms with van der Waals surface area (Å²) in [7, 11) is 0. The van der Waals surface area contributed by atoms with Crippen LogP contribution in [-0.4, -0.2) is 10.9 Å². The summed E-state index contributed by atoms with van der Waals surface area (Å²) in [5.74, 6) is -0.376. The highest BCUT2D eigenvalue weighted by Crippen LogP contribution is 2.30.